The highest BCUT2D eigenvalue weighted by atomic mass is 127. The summed E-state index contributed by atoms with van der Waals surface area (Å²) in [5.74, 6) is 1.48. The van der Waals surface area contributed by atoms with Gasteiger partial charge in [-0.15, -0.1) is 0 Å². The van der Waals surface area contributed by atoms with E-state index in [1.54, 1.807) is 13.2 Å². The minimum Gasteiger partial charge on any atom is -0.493 e. The van der Waals surface area contributed by atoms with Gasteiger partial charge in [-0.3, -0.25) is 0 Å². The summed E-state index contributed by atoms with van der Waals surface area (Å²) in [5.41, 5.74) is 8.48. The fourth-order valence-electron chi connectivity index (χ4n) is 1.93. The molecule has 0 bridgehead atoms. The van der Waals surface area contributed by atoms with Crippen LogP contribution in [0, 0.1) is 3.57 Å². The number of benzene rings is 2. The molecule has 0 amide bonds. The Hall–Kier alpha value is -1.73. The molecule has 0 atom stereocenters. The number of hydrogen-bond acceptors (Lipinski definition) is 4. The topological polar surface area (TPSA) is 42.5 Å². The largest absolute Gasteiger partial charge is 0.493 e. The van der Waals surface area contributed by atoms with Crippen LogP contribution < -0.4 is 20.3 Å². The second kappa shape index (κ2) is 8.65. The number of ether oxygens (including phenoxy) is 2. The zero-order valence-corrected chi connectivity index (χ0v) is 14.6. The maximum Gasteiger partial charge on any atom is 0.174 e. The van der Waals surface area contributed by atoms with E-state index in [0.29, 0.717) is 13.2 Å². The van der Waals surface area contributed by atoms with Crippen molar-refractivity contribution >= 4 is 28.3 Å². The summed E-state index contributed by atoms with van der Waals surface area (Å²) in [5, 5.41) is 0. The van der Waals surface area contributed by atoms with E-state index in [1.165, 1.54) is 0 Å². The third-order valence-electron chi connectivity index (χ3n) is 2.93. The van der Waals surface area contributed by atoms with Gasteiger partial charge in [-0.25, -0.2) is 5.43 Å². The fraction of sp³-hybridized carbons (Fsp3) is 0.176. The van der Waals surface area contributed by atoms with Crippen LogP contribution >= 0.6 is 22.6 Å². The quantitative estimate of drug-likeness (QED) is 0.393. The molecule has 116 valence electrons. The molecule has 0 fully saturated rings. The zero-order valence-electron chi connectivity index (χ0n) is 12.4. The zero-order chi connectivity index (χ0) is 15.8. The highest BCUT2D eigenvalue weighted by Crippen LogP contribution is 2.33. The van der Waals surface area contributed by atoms with Crippen molar-refractivity contribution in [3.05, 3.63) is 64.3 Å². The van der Waals surface area contributed by atoms with E-state index in [4.69, 9.17) is 9.47 Å². The van der Waals surface area contributed by atoms with Crippen molar-refractivity contribution in [1.29, 1.82) is 0 Å². The Morgan fingerprint density at radius 3 is 2.68 bits per heavy atom. The molecular formula is C17H19IN2O2. The van der Waals surface area contributed by atoms with Crippen LogP contribution in [0.5, 0.6) is 11.5 Å². The summed E-state index contributed by atoms with van der Waals surface area (Å²) in [7, 11) is 1.64. The smallest absolute Gasteiger partial charge is 0.174 e. The van der Waals surface area contributed by atoms with Crippen molar-refractivity contribution < 1.29 is 9.47 Å². The van der Waals surface area contributed by atoms with Gasteiger partial charge in [0.05, 0.1) is 10.7 Å². The van der Waals surface area contributed by atoms with Crippen molar-refractivity contribution in [3.8, 4) is 11.5 Å². The van der Waals surface area contributed by atoms with Gasteiger partial charge in [-0.2, -0.15) is 0 Å². The minimum atomic E-state index is 0.458. The molecule has 0 saturated carbocycles. The molecule has 0 aliphatic carbocycles. The Labute approximate surface area is 144 Å². The molecule has 0 spiro atoms. The van der Waals surface area contributed by atoms with E-state index >= 15 is 0 Å². The Balaban J connectivity index is 2.02. The average Bonchev–Trinajstić information content (AvgIpc) is 2.54. The number of nitrogens with one attached hydrogen (secondary N) is 2. The minimum absolute atomic E-state index is 0.458. The molecule has 0 aromatic heterocycles. The lowest BCUT2D eigenvalue weighted by Crippen LogP contribution is -2.20. The highest BCUT2D eigenvalue weighted by molar-refractivity contribution is 14.1. The predicted molar refractivity (Wildman–Crippen MR) is 98.3 cm³/mol. The molecule has 2 rings (SSSR count). The van der Waals surface area contributed by atoms with E-state index < -0.39 is 0 Å². The third kappa shape index (κ3) is 4.64. The van der Waals surface area contributed by atoms with Gasteiger partial charge in [0.1, 0.15) is 6.61 Å². The molecule has 0 unspecified atom stereocenters. The van der Waals surface area contributed by atoms with E-state index in [2.05, 4.69) is 46.1 Å². The average molecular weight is 410 g/mol. The number of methoxy groups -OCH3 is 1. The Kier molecular flexibility index (Phi) is 6.54. The molecule has 2 aromatic carbocycles. The van der Waals surface area contributed by atoms with Gasteiger partial charge in [0.2, 0.25) is 0 Å². The van der Waals surface area contributed by atoms with Crippen LogP contribution in [0.25, 0.3) is 0 Å². The summed E-state index contributed by atoms with van der Waals surface area (Å²) in [6, 6.07) is 14.0. The molecule has 2 N–H and O–H groups in total. The molecule has 22 heavy (non-hydrogen) atoms. The molecule has 0 radical (unpaired) electrons. The van der Waals surface area contributed by atoms with Crippen LogP contribution in [0.15, 0.2) is 55.1 Å². The molecule has 2 aromatic rings. The van der Waals surface area contributed by atoms with Crippen molar-refractivity contribution in [3.63, 3.8) is 0 Å². The lowest BCUT2D eigenvalue weighted by Gasteiger charge is -2.14. The van der Waals surface area contributed by atoms with Crippen molar-refractivity contribution in [2.24, 2.45) is 0 Å². The summed E-state index contributed by atoms with van der Waals surface area (Å²) >= 11 is 2.25. The van der Waals surface area contributed by atoms with Gasteiger partial charge in [0.25, 0.3) is 0 Å². The summed E-state index contributed by atoms with van der Waals surface area (Å²) in [4.78, 5) is 0. The molecule has 5 heteroatoms. The van der Waals surface area contributed by atoms with Gasteiger partial charge in [0, 0.05) is 12.2 Å². The van der Waals surface area contributed by atoms with Crippen LogP contribution in [0.1, 0.15) is 5.56 Å². The monoisotopic (exact) mass is 410 g/mol. The standard InChI is InChI=1S/C17H19IN2O2/c1-3-9-22-17-15(18)10-13(11-16(17)21-2)12-19-20-14-7-5-4-6-8-14/h3-8,10-11,19-20H,1,9,12H2,2H3. The first-order valence-corrected chi connectivity index (χ1v) is 7.96. The number of rotatable bonds is 8. The van der Waals surface area contributed by atoms with Gasteiger partial charge < -0.3 is 14.9 Å². The number of hydrazine groups is 1. The van der Waals surface area contributed by atoms with Gasteiger partial charge in [0.15, 0.2) is 11.5 Å². The number of para-hydroxylation sites is 1. The Morgan fingerprint density at radius 2 is 2.00 bits per heavy atom. The van der Waals surface area contributed by atoms with Crippen LogP contribution in [-0.4, -0.2) is 13.7 Å². The molecule has 0 aliphatic rings. The first-order valence-electron chi connectivity index (χ1n) is 6.88. The lowest BCUT2D eigenvalue weighted by atomic mass is 10.2. The van der Waals surface area contributed by atoms with Gasteiger partial charge >= 0.3 is 0 Å². The normalized spacial score (nSPS) is 10.1. The van der Waals surface area contributed by atoms with Crippen molar-refractivity contribution in [2.45, 2.75) is 6.54 Å². The number of hydrogen-bond donors (Lipinski definition) is 2. The molecular weight excluding hydrogens is 391 g/mol. The fourth-order valence-corrected chi connectivity index (χ4v) is 2.75. The summed E-state index contributed by atoms with van der Waals surface area (Å²) in [6.07, 6.45) is 1.72. The summed E-state index contributed by atoms with van der Waals surface area (Å²) in [6.45, 7) is 4.79. The second-order valence-corrected chi connectivity index (χ2v) is 5.72. The van der Waals surface area contributed by atoms with Crippen LogP contribution in [0.3, 0.4) is 0 Å². The van der Waals surface area contributed by atoms with E-state index in [1.807, 2.05) is 36.4 Å². The predicted octanol–water partition coefficient (Wildman–Crippen LogP) is 3.98. The van der Waals surface area contributed by atoms with Crippen molar-refractivity contribution in [1.82, 2.24) is 5.43 Å². The first kappa shape index (κ1) is 16.6. The SMILES string of the molecule is C=CCOc1c(I)cc(CNNc2ccccc2)cc1OC. The number of halogens is 1. The van der Waals surface area contributed by atoms with E-state index in [9.17, 15) is 0 Å². The van der Waals surface area contributed by atoms with Gasteiger partial charge in [-0.1, -0.05) is 30.9 Å². The maximum absolute atomic E-state index is 5.65. The van der Waals surface area contributed by atoms with Crippen LogP contribution in [0.2, 0.25) is 0 Å². The lowest BCUT2D eigenvalue weighted by molar-refractivity contribution is 0.324. The van der Waals surface area contributed by atoms with Crippen molar-refractivity contribution in [2.75, 3.05) is 19.1 Å². The molecule has 0 heterocycles. The third-order valence-corrected chi connectivity index (χ3v) is 3.74. The van der Waals surface area contributed by atoms with Crippen LogP contribution in [0.4, 0.5) is 5.69 Å². The Morgan fingerprint density at radius 1 is 1.23 bits per heavy atom. The van der Waals surface area contributed by atoms with Gasteiger partial charge in [-0.05, 0) is 52.4 Å². The maximum atomic E-state index is 5.65. The second-order valence-electron chi connectivity index (χ2n) is 4.55. The van der Waals surface area contributed by atoms with E-state index in [-0.39, 0.29) is 0 Å². The molecule has 0 saturated heterocycles. The molecule has 4 nitrogen and oxygen atoms in total. The summed E-state index contributed by atoms with van der Waals surface area (Å²) < 4.78 is 12.1. The first-order chi connectivity index (χ1) is 10.7. The van der Waals surface area contributed by atoms with E-state index in [0.717, 1.165) is 26.3 Å². The molecule has 0 aliphatic heterocycles. The van der Waals surface area contributed by atoms with Crippen LogP contribution in [-0.2, 0) is 6.54 Å². The number of anilines is 1. The highest BCUT2D eigenvalue weighted by Gasteiger charge is 2.11. The Bertz CT molecular complexity index is 618.